The van der Waals surface area contributed by atoms with Gasteiger partial charge in [0.2, 0.25) is 0 Å². The molecule has 2 aromatic carbocycles. The summed E-state index contributed by atoms with van der Waals surface area (Å²) in [4.78, 5) is 28.6. The van der Waals surface area contributed by atoms with Crippen molar-refractivity contribution in [3.63, 3.8) is 0 Å². The van der Waals surface area contributed by atoms with Gasteiger partial charge in [0.25, 0.3) is 11.5 Å². The van der Waals surface area contributed by atoms with Gasteiger partial charge in [-0.3, -0.25) is 9.59 Å². The fourth-order valence-corrected chi connectivity index (χ4v) is 3.46. The molecule has 1 aromatic heterocycles. The number of hydrogen-bond acceptors (Lipinski definition) is 3. The van der Waals surface area contributed by atoms with Crippen LogP contribution in [0.3, 0.4) is 0 Å². The van der Waals surface area contributed by atoms with Crippen molar-refractivity contribution < 1.29 is 9.18 Å². The van der Waals surface area contributed by atoms with Crippen LogP contribution in [-0.2, 0) is 0 Å². The molecule has 0 aliphatic rings. The molecule has 0 atom stereocenters. The summed E-state index contributed by atoms with van der Waals surface area (Å²) < 4.78 is 15.3. The van der Waals surface area contributed by atoms with Gasteiger partial charge < -0.3 is 10.3 Å². The van der Waals surface area contributed by atoms with E-state index in [-0.39, 0.29) is 21.8 Å². The van der Waals surface area contributed by atoms with E-state index in [0.717, 1.165) is 4.57 Å². The molecule has 3 aromatic rings. The fraction of sp³-hybridized carbons (Fsp3) is 0.227. The zero-order chi connectivity index (χ0) is 21.2. The zero-order valence-corrected chi connectivity index (χ0v) is 16.9. The van der Waals surface area contributed by atoms with Crippen LogP contribution in [-0.4, -0.2) is 21.0 Å². The zero-order valence-electron chi connectivity index (χ0n) is 16.1. The Kier molecular flexibility index (Phi) is 5.66. The summed E-state index contributed by atoms with van der Waals surface area (Å²) in [6.45, 7) is 3.82. The molecule has 3 rings (SSSR count). The van der Waals surface area contributed by atoms with Crippen LogP contribution in [0, 0.1) is 22.9 Å². The van der Waals surface area contributed by atoms with Crippen molar-refractivity contribution in [2.45, 2.75) is 32.2 Å². The van der Waals surface area contributed by atoms with E-state index in [4.69, 9.17) is 18.6 Å². The number of halogens is 1. The Bertz CT molecular complexity index is 1250. The first kappa shape index (κ1) is 20.5. The number of fused-ring (bicyclic) bond motifs is 1. The van der Waals surface area contributed by atoms with E-state index in [0.29, 0.717) is 23.9 Å². The Balaban J connectivity index is 2.09. The molecule has 148 valence electrons. The van der Waals surface area contributed by atoms with Gasteiger partial charge in [0.05, 0.1) is 16.6 Å². The minimum Gasteiger partial charge on any atom is -0.336 e. The van der Waals surface area contributed by atoms with Crippen LogP contribution in [0.5, 0.6) is 0 Å². The SMILES string of the molecule is C#CC(CC)(CC)NC(=O)c1ccc2c(=O)n(-c3ccccc3F)c(=S)[nH]c2c1. The number of aromatic nitrogens is 2. The van der Waals surface area contributed by atoms with Crippen molar-refractivity contribution in [2.75, 3.05) is 0 Å². The predicted molar refractivity (Wildman–Crippen MR) is 114 cm³/mol. The lowest BCUT2D eigenvalue weighted by molar-refractivity contribution is 0.0916. The minimum absolute atomic E-state index is 0.0326. The minimum atomic E-state index is -0.729. The summed E-state index contributed by atoms with van der Waals surface area (Å²) in [5, 5.41) is 3.17. The second-order valence-corrected chi connectivity index (χ2v) is 7.06. The Morgan fingerprint density at radius 2 is 1.97 bits per heavy atom. The molecule has 2 N–H and O–H groups in total. The van der Waals surface area contributed by atoms with Crippen LogP contribution >= 0.6 is 12.2 Å². The van der Waals surface area contributed by atoms with Crippen molar-refractivity contribution >= 4 is 29.0 Å². The van der Waals surface area contributed by atoms with Crippen LogP contribution in [0.1, 0.15) is 37.0 Å². The van der Waals surface area contributed by atoms with E-state index in [1.807, 2.05) is 13.8 Å². The van der Waals surface area contributed by atoms with E-state index in [1.54, 1.807) is 12.1 Å². The largest absolute Gasteiger partial charge is 0.336 e. The summed E-state index contributed by atoms with van der Waals surface area (Å²) >= 11 is 5.28. The molecule has 0 aliphatic carbocycles. The summed E-state index contributed by atoms with van der Waals surface area (Å²) in [6.07, 6.45) is 6.79. The number of terminal acetylenes is 1. The number of amides is 1. The standard InChI is InChI=1S/C22H20FN3O2S/c1-4-22(5-2,6-3)25-19(27)14-11-12-15-17(13-14)24-21(29)26(20(15)28)18-10-8-7-9-16(18)23/h1,7-13H,5-6H2,2-3H3,(H,24,29)(H,25,27). The molecule has 0 unspecified atom stereocenters. The van der Waals surface area contributed by atoms with Crippen LogP contribution in [0.15, 0.2) is 47.3 Å². The Morgan fingerprint density at radius 3 is 2.59 bits per heavy atom. The summed E-state index contributed by atoms with van der Waals surface area (Å²) in [7, 11) is 0. The van der Waals surface area contributed by atoms with Crippen molar-refractivity contribution in [1.29, 1.82) is 0 Å². The number of hydrogen-bond donors (Lipinski definition) is 2. The molecular formula is C22H20FN3O2S. The molecule has 7 heteroatoms. The third kappa shape index (κ3) is 3.71. The number of aromatic amines is 1. The van der Waals surface area contributed by atoms with Crippen LogP contribution < -0.4 is 10.9 Å². The number of carbonyl (C=O) groups excluding carboxylic acids is 1. The van der Waals surface area contributed by atoms with Gasteiger partial charge in [0.15, 0.2) is 4.77 Å². The van der Waals surface area contributed by atoms with E-state index < -0.39 is 16.9 Å². The molecule has 1 heterocycles. The summed E-state index contributed by atoms with van der Waals surface area (Å²) in [5.41, 5.74) is -0.409. The van der Waals surface area contributed by atoms with Gasteiger partial charge in [-0.05, 0) is 55.4 Å². The van der Waals surface area contributed by atoms with Crippen LogP contribution in [0.2, 0.25) is 0 Å². The molecule has 0 spiro atoms. The lowest BCUT2D eigenvalue weighted by Crippen LogP contribution is -2.46. The van der Waals surface area contributed by atoms with Gasteiger partial charge in [-0.25, -0.2) is 8.96 Å². The highest BCUT2D eigenvalue weighted by Gasteiger charge is 2.26. The molecule has 29 heavy (non-hydrogen) atoms. The van der Waals surface area contributed by atoms with Crippen LogP contribution in [0.25, 0.3) is 16.6 Å². The molecule has 0 aliphatic heterocycles. The molecule has 5 nitrogen and oxygen atoms in total. The number of rotatable bonds is 5. The van der Waals surface area contributed by atoms with E-state index in [2.05, 4.69) is 16.2 Å². The highest BCUT2D eigenvalue weighted by atomic mass is 32.1. The number of nitrogens with zero attached hydrogens (tertiary/aromatic N) is 1. The monoisotopic (exact) mass is 409 g/mol. The highest BCUT2D eigenvalue weighted by molar-refractivity contribution is 7.71. The molecule has 1 amide bonds. The van der Waals surface area contributed by atoms with E-state index in [9.17, 15) is 14.0 Å². The first-order valence-electron chi connectivity index (χ1n) is 9.20. The quantitative estimate of drug-likeness (QED) is 0.492. The van der Waals surface area contributed by atoms with Gasteiger partial charge in [0, 0.05) is 5.56 Å². The van der Waals surface area contributed by atoms with Crippen molar-refractivity contribution in [2.24, 2.45) is 0 Å². The molecule has 0 fully saturated rings. The molecule has 0 radical (unpaired) electrons. The smallest absolute Gasteiger partial charge is 0.266 e. The number of nitrogens with one attached hydrogen (secondary N) is 2. The summed E-state index contributed by atoms with van der Waals surface area (Å²) in [5.74, 6) is 1.75. The summed E-state index contributed by atoms with van der Waals surface area (Å²) in [6, 6.07) is 10.5. The van der Waals surface area contributed by atoms with Crippen molar-refractivity contribution in [3.05, 3.63) is 69.0 Å². The fourth-order valence-electron chi connectivity index (χ4n) is 3.17. The number of carbonyl (C=O) groups is 1. The van der Waals surface area contributed by atoms with Gasteiger partial charge in [-0.15, -0.1) is 6.42 Å². The van der Waals surface area contributed by atoms with Crippen molar-refractivity contribution in [1.82, 2.24) is 14.9 Å². The maximum absolute atomic E-state index is 14.2. The normalized spacial score (nSPS) is 11.2. The first-order valence-corrected chi connectivity index (χ1v) is 9.61. The lowest BCUT2D eigenvalue weighted by atomic mass is 9.93. The van der Waals surface area contributed by atoms with Gasteiger partial charge in [-0.2, -0.15) is 0 Å². The Hall–Kier alpha value is -3.24. The number of benzene rings is 2. The number of para-hydroxylation sites is 1. The average Bonchev–Trinajstić information content (AvgIpc) is 2.73. The maximum atomic E-state index is 14.2. The highest BCUT2D eigenvalue weighted by Crippen LogP contribution is 2.18. The van der Waals surface area contributed by atoms with E-state index in [1.165, 1.54) is 30.3 Å². The third-order valence-electron chi connectivity index (χ3n) is 5.09. The Labute approximate surface area is 172 Å². The number of H-pyrrole nitrogens is 1. The first-order chi connectivity index (χ1) is 13.9. The van der Waals surface area contributed by atoms with Crippen molar-refractivity contribution in [3.8, 4) is 18.0 Å². The van der Waals surface area contributed by atoms with Crippen LogP contribution in [0.4, 0.5) is 4.39 Å². The maximum Gasteiger partial charge on any atom is 0.266 e. The third-order valence-corrected chi connectivity index (χ3v) is 5.37. The van der Waals surface area contributed by atoms with Gasteiger partial charge >= 0.3 is 0 Å². The van der Waals surface area contributed by atoms with Gasteiger partial charge in [-0.1, -0.05) is 31.9 Å². The van der Waals surface area contributed by atoms with E-state index >= 15 is 0 Å². The second kappa shape index (κ2) is 8.02. The predicted octanol–water partition coefficient (Wildman–Crippen LogP) is 4.11. The molecule has 0 bridgehead atoms. The van der Waals surface area contributed by atoms with Gasteiger partial charge in [0.1, 0.15) is 11.4 Å². The lowest BCUT2D eigenvalue weighted by Gasteiger charge is -2.27. The average molecular weight is 409 g/mol. The molecular weight excluding hydrogens is 389 g/mol. The second-order valence-electron chi connectivity index (χ2n) is 6.67. The molecule has 0 saturated carbocycles. The topological polar surface area (TPSA) is 66.9 Å². The molecule has 0 saturated heterocycles. The Morgan fingerprint density at radius 1 is 1.28 bits per heavy atom.